The molecule has 0 spiro atoms. The van der Waals surface area contributed by atoms with Crippen LogP contribution in [-0.4, -0.2) is 11.7 Å². The molecule has 64 valence electrons. The van der Waals surface area contributed by atoms with E-state index in [2.05, 4.69) is 17.8 Å². The van der Waals surface area contributed by atoms with Crippen LogP contribution in [0.5, 0.6) is 0 Å². The Morgan fingerprint density at radius 2 is 1.77 bits per heavy atom. The maximum absolute atomic E-state index is 8.50. The van der Waals surface area contributed by atoms with Crippen LogP contribution in [0.25, 0.3) is 0 Å². The third-order valence-electron chi connectivity index (χ3n) is 1.52. The smallest absolute Gasteiger partial charge is 0.0540 e. The lowest BCUT2D eigenvalue weighted by molar-refractivity contribution is 0.305. The van der Waals surface area contributed by atoms with E-state index in [0.29, 0.717) is 6.42 Å². The van der Waals surface area contributed by atoms with Crippen molar-refractivity contribution in [1.29, 1.82) is 0 Å². The molecule has 0 aliphatic heterocycles. The van der Waals surface area contributed by atoms with Crippen molar-refractivity contribution < 1.29 is 5.11 Å². The van der Waals surface area contributed by atoms with Crippen LogP contribution in [0.4, 0.5) is 0 Å². The fraction of sp³-hybridized carbons (Fsp3) is 0.167. The first-order valence-electron chi connectivity index (χ1n) is 4.03. The van der Waals surface area contributed by atoms with E-state index in [-0.39, 0.29) is 6.61 Å². The Kier molecular flexibility index (Phi) is 3.64. The Labute approximate surface area is 78.4 Å². The predicted octanol–water partition coefficient (Wildman–Crippen LogP) is 1.40. The lowest BCUT2D eigenvalue weighted by atomic mass is 10.1. The molecule has 0 amide bonds. The number of benzene rings is 1. The monoisotopic (exact) mass is 170 g/mol. The standard InChI is InChI=1S/C12H10O/c1-2-11-6-8-12(9-7-11)5-3-4-10-13/h1,6-9,13H,4,10H2. The molecule has 0 heterocycles. The Morgan fingerprint density at radius 3 is 2.31 bits per heavy atom. The first-order valence-corrected chi connectivity index (χ1v) is 4.03. The average molecular weight is 170 g/mol. The van der Waals surface area contributed by atoms with E-state index in [1.807, 2.05) is 24.3 Å². The maximum Gasteiger partial charge on any atom is 0.0540 e. The highest BCUT2D eigenvalue weighted by Crippen LogP contribution is 2.01. The van der Waals surface area contributed by atoms with Crippen molar-refractivity contribution in [2.75, 3.05) is 6.61 Å². The van der Waals surface area contributed by atoms with Crippen molar-refractivity contribution in [2.45, 2.75) is 6.42 Å². The molecule has 0 radical (unpaired) electrons. The topological polar surface area (TPSA) is 20.2 Å². The van der Waals surface area contributed by atoms with E-state index in [1.165, 1.54) is 0 Å². The van der Waals surface area contributed by atoms with Gasteiger partial charge in [0.2, 0.25) is 0 Å². The van der Waals surface area contributed by atoms with Crippen molar-refractivity contribution in [3.05, 3.63) is 35.4 Å². The first-order chi connectivity index (χ1) is 6.36. The molecule has 0 fully saturated rings. The lowest BCUT2D eigenvalue weighted by Gasteiger charge is -1.90. The van der Waals surface area contributed by atoms with E-state index in [4.69, 9.17) is 11.5 Å². The molecule has 0 aromatic heterocycles. The second-order valence-corrected chi connectivity index (χ2v) is 2.50. The summed E-state index contributed by atoms with van der Waals surface area (Å²) in [6.07, 6.45) is 5.71. The number of aliphatic hydroxyl groups excluding tert-OH is 1. The highest BCUT2D eigenvalue weighted by Gasteiger charge is 1.86. The van der Waals surface area contributed by atoms with Gasteiger partial charge in [0.1, 0.15) is 0 Å². The zero-order valence-electron chi connectivity index (χ0n) is 7.25. The van der Waals surface area contributed by atoms with Gasteiger partial charge in [0.15, 0.2) is 0 Å². The van der Waals surface area contributed by atoms with Crippen molar-refractivity contribution in [1.82, 2.24) is 0 Å². The minimum Gasteiger partial charge on any atom is -0.395 e. The summed E-state index contributed by atoms with van der Waals surface area (Å²) >= 11 is 0. The SMILES string of the molecule is C#Cc1ccc(C#CCCO)cc1. The number of hydrogen-bond acceptors (Lipinski definition) is 1. The molecule has 1 aromatic carbocycles. The molecule has 13 heavy (non-hydrogen) atoms. The molecule has 0 unspecified atom stereocenters. The quantitative estimate of drug-likeness (QED) is 0.632. The molecule has 1 N–H and O–H groups in total. The Morgan fingerprint density at radius 1 is 1.15 bits per heavy atom. The van der Waals surface area contributed by atoms with Crippen LogP contribution in [-0.2, 0) is 0 Å². The summed E-state index contributed by atoms with van der Waals surface area (Å²) < 4.78 is 0. The molecule has 1 nitrogen and oxygen atoms in total. The summed E-state index contributed by atoms with van der Waals surface area (Å²) in [6, 6.07) is 7.45. The van der Waals surface area contributed by atoms with Crippen LogP contribution >= 0.6 is 0 Å². The number of aliphatic hydroxyl groups is 1. The minimum atomic E-state index is 0.107. The zero-order chi connectivity index (χ0) is 9.52. The molecule has 1 heteroatoms. The number of hydrogen-bond donors (Lipinski definition) is 1. The number of rotatable bonds is 1. The van der Waals surface area contributed by atoms with Gasteiger partial charge >= 0.3 is 0 Å². The summed E-state index contributed by atoms with van der Waals surface area (Å²) in [4.78, 5) is 0. The third kappa shape index (κ3) is 3.03. The predicted molar refractivity (Wildman–Crippen MR) is 53.0 cm³/mol. The van der Waals surface area contributed by atoms with E-state index in [9.17, 15) is 0 Å². The molecular formula is C12H10O. The van der Waals surface area contributed by atoms with Gasteiger partial charge in [-0.3, -0.25) is 0 Å². The van der Waals surface area contributed by atoms with Gasteiger partial charge in [0, 0.05) is 17.5 Å². The molecular weight excluding hydrogens is 160 g/mol. The fourth-order valence-electron chi connectivity index (χ4n) is 0.870. The van der Waals surface area contributed by atoms with E-state index >= 15 is 0 Å². The summed E-state index contributed by atoms with van der Waals surface area (Å²) in [5, 5.41) is 8.50. The first kappa shape index (κ1) is 9.39. The van der Waals surface area contributed by atoms with Crippen LogP contribution < -0.4 is 0 Å². The molecule has 1 rings (SSSR count). The van der Waals surface area contributed by atoms with Gasteiger partial charge in [-0.1, -0.05) is 17.8 Å². The summed E-state index contributed by atoms with van der Waals surface area (Å²) in [6.45, 7) is 0.107. The zero-order valence-corrected chi connectivity index (χ0v) is 7.25. The van der Waals surface area contributed by atoms with E-state index in [1.54, 1.807) is 0 Å². The minimum absolute atomic E-state index is 0.107. The van der Waals surface area contributed by atoms with Crippen LogP contribution in [0.1, 0.15) is 17.5 Å². The third-order valence-corrected chi connectivity index (χ3v) is 1.52. The molecule has 0 saturated carbocycles. The van der Waals surface area contributed by atoms with Crippen molar-refractivity contribution in [3.8, 4) is 24.2 Å². The second kappa shape index (κ2) is 5.04. The average Bonchev–Trinajstić information content (AvgIpc) is 2.19. The van der Waals surface area contributed by atoms with Crippen molar-refractivity contribution in [3.63, 3.8) is 0 Å². The van der Waals surface area contributed by atoms with Crippen molar-refractivity contribution >= 4 is 0 Å². The fourth-order valence-corrected chi connectivity index (χ4v) is 0.870. The maximum atomic E-state index is 8.50. The van der Waals surface area contributed by atoms with Gasteiger partial charge in [-0.25, -0.2) is 0 Å². The Balaban J connectivity index is 2.72. The molecule has 0 aliphatic rings. The second-order valence-electron chi connectivity index (χ2n) is 2.50. The molecule has 0 aliphatic carbocycles. The Hall–Kier alpha value is -1.70. The van der Waals surface area contributed by atoms with Crippen LogP contribution in [0, 0.1) is 24.2 Å². The molecule has 0 bridgehead atoms. The largest absolute Gasteiger partial charge is 0.395 e. The highest BCUT2D eigenvalue weighted by atomic mass is 16.2. The van der Waals surface area contributed by atoms with Crippen LogP contribution in [0.15, 0.2) is 24.3 Å². The van der Waals surface area contributed by atoms with Crippen LogP contribution in [0.2, 0.25) is 0 Å². The van der Waals surface area contributed by atoms with Crippen LogP contribution in [0.3, 0.4) is 0 Å². The van der Waals surface area contributed by atoms with E-state index in [0.717, 1.165) is 11.1 Å². The van der Waals surface area contributed by atoms with Gasteiger partial charge in [0.25, 0.3) is 0 Å². The normalized spacial score (nSPS) is 8.31. The van der Waals surface area contributed by atoms with Gasteiger partial charge < -0.3 is 5.11 Å². The molecule has 1 aromatic rings. The summed E-state index contributed by atoms with van der Waals surface area (Å²) in [5.41, 5.74) is 1.78. The van der Waals surface area contributed by atoms with Gasteiger partial charge in [-0.2, -0.15) is 0 Å². The summed E-state index contributed by atoms with van der Waals surface area (Å²) in [5.74, 6) is 8.29. The summed E-state index contributed by atoms with van der Waals surface area (Å²) in [7, 11) is 0. The molecule has 0 saturated heterocycles. The van der Waals surface area contributed by atoms with Gasteiger partial charge in [-0.05, 0) is 24.3 Å². The van der Waals surface area contributed by atoms with E-state index < -0.39 is 0 Å². The molecule has 0 atom stereocenters. The van der Waals surface area contributed by atoms with Crippen molar-refractivity contribution in [2.24, 2.45) is 0 Å². The highest BCUT2D eigenvalue weighted by molar-refractivity contribution is 5.40. The van der Waals surface area contributed by atoms with Gasteiger partial charge in [0.05, 0.1) is 6.61 Å². The Bertz CT molecular complexity index is 357. The number of terminal acetylenes is 1. The lowest BCUT2D eigenvalue weighted by Crippen LogP contribution is -1.78. The van der Waals surface area contributed by atoms with Gasteiger partial charge in [-0.15, -0.1) is 6.42 Å².